The molecule has 0 aromatic carbocycles. The quantitative estimate of drug-likeness (QED) is 0.873. The highest BCUT2D eigenvalue weighted by Gasteiger charge is 2.36. The van der Waals surface area contributed by atoms with Crippen molar-refractivity contribution in [2.45, 2.75) is 25.8 Å². The largest absolute Gasteiger partial charge is 0.352 e. The molecule has 1 N–H and O–H groups in total. The number of aromatic nitrogens is 4. The van der Waals surface area contributed by atoms with E-state index in [2.05, 4.69) is 20.4 Å². The fraction of sp³-hybridized carbons (Fsp3) is 0.471. The lowest BCUT2D eigenvalue weighted by Crippen LogP contribution is -2.46. The van der Waals surface area contributed by atoms with Crippen molar-refractivity contribution in [3.63, 3.8) is 0 Å². The van der Waals surface area contributed by atoms with E-state index in [9.17, 15) is 9.59 Å². The first-order chi connectivity index (χ1) is 12.1. The molecule has 1 fully saturated rings. The lowest BCUT2D eigenvalue weighted by molar-refractivity contribution is -0.138. The summed E-state index contributed by atoms with van der Waals surface area (Å²) in [5.74, 6) is 0.0799. The number of carbonyl (C=O) groups excluding carboxylic acids is 2. The van der Waals surface area contributed by atoms with E-state index in [1.54, 1.807) is 10.9 Å². The van der Waals surface area contributed by atoms with Crippen LogP contribution in [-0.2, 0) is 11.8 Å². The van der Waals surface area contributed by atoms with Gasteiger partial charge >= 0.3 is 0 Å². The average Bonchev–Trinajstić information content (AvgIpc) is 3.06. The molecule has 0 bridgehead atoms. The highest BCUT2D eigenvalue weighted by atomic mass is 16.2. The fourth-order valence-corrected chi connectivity index (χ4v) is 3.39. The van der Waals surface area contributed by atoms with Crippen LogP contribution in [0, 0.1) is 5.92 Å². The highest BCUT2D eigenvalue weighted by molar-refractivity contribution is 5.93. The van der Waals surface area contributed by atoms with Crippen LogP contribution in [0.2, 0.25) is 0 Å². The van der Waals surface area contributed by atoms with E-state index in [1.807, 2.05) is 25.1 Å². The van der Waals surface area contributed by atoms with Crippen molar-refractivity contribution in [2.24, 2.45) is 13.0 Å². The van der Waals surface area contributed by atoms with Gasteiger partial charge in [0.1, 0.15) is 6.33 Å². The lowest BCUT2D eigenvalue weighted by Gasteiger charge is -2.40. The van der Waals surface area contributed by atoms with Crippen molar-refractivity contribution in [3.8, 4) is 0 Å². The van der Waals surface area contributed by atoms with Crippen molar-refractivity contribution < 1.29 is 9.59 Å². The van der Waals surface area contributed by atoms with E-state index in [-0.39, 0.29) is 23.8 Å². The molecule has 1 aliphatic heterocycles. The van der Waals surface area contributed by atoms with Gasteiger partial charge in [0.15, 0.2) is 0 Å². The molecule has 2 aromatic heterocycles. The summed E-state index contributed by atoms with van der Waals surface area (Å²) in [6.45, 7) is 3.09. The van der Waals surface area contributed by atoms with E-state index < -0.39 is 0 Å². The molecule has 2 amide bonds. The minimum absolute atomic E-state index is 0.0766. The molecule has 3 rings (SSSR count). The Kier molecular flexibility index (Phi) is 5.06. The van der Waals surface area contributed by atoms with Crippen molar-refractivity contribution in [1.82, 2.24) is 30.0 Å². The zero-order chi connectivity index (χ0) is 17.8. The van der Waals surface area contributed by atoms with Crippen LogP contribution in [0.4, 0.5) is 0 Å². The predicted octanol–water partition coefficient (Wildman–Crippen LogP) is 0.940. The number of likely N-dealkylation sites (tertiary alicyclic amines) is 1. The van der Waals surface area contributed by atoms with E-state index in [0.717, 1.165) is 12.0 Å². The molecule has 2 aromatic rings. The zero-order valence-electron chi connectivity index (χ0n) is 14.4. The van der Waals surface area contributed by atoms with Crippen LogP contribution in [0.3, 0.4) is 0 Å². The Labute approximate surface area is 146 Å². The molecule has 132 valence electrons. The Hall–Kier alpha value is -2.77. The fourth-order valence-electron chi connectivity index (χ4n) is 3.39. The van der Waals surface area contributed by atoms with Crippen molar-refractivity contribution in [2.75, 3.05) is 13.1 Å². The minimum atomic E-state index is -0.203. The molecule has 25 heavy (non-hydrogen) atoms. The molecule has 8 heteroatoms. The number of nitrogens with one attached hydrogen (secondary N) is 1. The summed E-state index contributed by atoms with van der Waals surface area (Å²) in [5.41, 5.74) is 1.43. The Morgan fingerprint density at radius 1 is 1.32 bits per heavy atom. The maximum Gasteiger partial charge on any atom is 0.254 e. The molecule has 0 spiro atoms. The Morgan fingerprint density at radius 3 is 2.72 bits per heavy atom. The van der Waals surface area contributed by atoms with Crippen LogP contribution in [0.15, 0.2) is 31.1 Å². The van der Waals surface area contributed by atoms with Gasteiger partial charge in [0.2, 0.25) is 5.91 Å². The number of aryl methyl sites for hydroxylation is 1. The minimum Gasteiger partial charge on any atom is -0.352 e. The van der Waals surface area contributed by atoms with Crippen LogP contribution in [0.25, 0.3) is 0 Å². The number of piperidine rings is 1. The molecule has 0 saturated carbocycles. The molecule has 0 aliphatic carbocycles. The maximum atomic E-state index is 12.3. The van der Waals surface area contributed by atoms with Gasteiger partial charge in [-0.25, -0.2) is 9.97 Å². The second-order valence-electron chi connectivity index (χ2n) is 6.21. The summed E-state index contributed by atoms with van der Waals surface area (Å²) in [5, 5.41) is 7.19. The molecule has 0 radical (unpaired) electrons. The number of hydrogen-bond donors (Lipinski definition) is 1. The summed E-state index contributed by atoms with van der Waals surface area (Å²) in [6, 6.07) is -0.0766. The highest BCUT2D eigenvalue weighted by Crippen LogP contribution is 2.36. The summed E-state index contributed by atoms with van der Waals surface area (Å²) in [7, 11) is 1.86. The van der Waals surface area contributed by atoms with Gasteiger partial charge in [0.25, 0.3) is 5.91 Å². The maximum absolute atomic E-state index is 12.3. The Morgan fingerprint density at radius 2 is 2.08 bits per heavy atom. The zero-order valence-corrected chi connectivity index (χ0v) is 14.4. The van der Waals surface area contributed by atoms with Gasteiger partial charge in [0, 0.05) is 56.6 Å². The van der Waals surface area contributed by atoms with Gasteiger partial charge in [0.05, 0.1) is 17.8 Å². The normalized spacial score (nSPS) is 20.6. The van der Waals surface area contributed by atoms with Crippen LogP contribution >= 0.6 is 0 Å². The Balaban J connectivity index is 1.76. The topological polar surface area (TPSA) is 93.0 Å². The van der Waals surface area contributed by atoms with Gasteiger partial charge in [-0.1, -0.05) is 0 Å². The smallest absolute Gasteiger partial charge is 0.254 e. The van der Waals surface area contributed by atoms with Crippen molar-refractivity contribution >= 4 is 11.8 Å². The van der Waals surface area contributed by atoms with E-state index in [0.29, 0.717) is 25.1 Å². The van der Waals surface area contributed by atoms with Crippen molar-refractivity contribution in [3.05, 3.63) is 42.2 Å². The summed E-state index contributed by atoms with van der Waals surface area (Å²) in [6.07, 6.45) is 9.34. The van der Waals surface area contributed by atoms with Crippen LogP contribution < -0.4 is 5.32 Å². The van der Waals surface area contributed by atoms with Gasteiger partial charge in [-0.05, 0) is 13.3 Å². The number of hydrogen-bond acceptors (Lipinski definition) is 5. The number of rotatable bonds is 5. The summed E-state index contributed by atoms with van der Waals surface area (Å²) in [4.78, 5) is 34.2. The molecular weight excluding hydrogens is 320 g/mol. The molecule has 8 nitrogen and oxygen atoms in total. The van der Waals surface area contributed by atoms with Crippen LogP contribution in [0.1, 0.15) is 41.7 Å². The van der Waals surface area contributed by atoms with Gasteiger partial charge < -0.3 is 10.2 Å². The van der Waals surface area contributed by atoms with Crippen molar-refractivity contribution in [1.29, 1.82) is 0 Å². The second kappa shape index (κ2) is 7.42. The monoisotopic (exact) mass is 342 g/mol. The Bertz CT molecular complexity index is 745. The predicted molar refractivity (Wildman–Crippen MR) is 90.4 cm³/mol. The third-order valence-corrected chi connectivity index (χ3v) is 4.59. The SMILES string of the molecule is CCN1C(=O)CC[C@H](CNC(=O)c2cncnc2)[C@H]1c1cnn(C)c1. The van der Waals surface area contributed by atoms with E-state index in [4.69, 9.17) is 0 Å². The molecular formula is C17H22N6O2. The third-order valence-electron chi connectivity index (χ3n) is 4.59. The van der Waals surface area contributed by atoms with Crippen LogP contribution in [-0.4, -0.2) is 49.6 Å². The summed E-state index contributed by atoms with van der Waals surface area (Å²) >= 11 is 0. The number of carbonyl (C=O) groups is 2. The molecule has 1 saturated heterocycles. The molecule has 1 aliphatic rings. The first kappa shape index (κ1) is 17.1. The van der Waals surface area contributed by atoms with Crippen LogP contribution in [0.5, 0.6) is 0 Å². The van der Waals surface area contributed by atoms with E-state index in [1.165, 1.54) is 18.7 Å². The standard InChI is InChI=1S/C17H22N6O2/c1-3-23-15(24)5-4-12(16(23)14-9-21-22(2)10-14)8-20-17(25)13-6-18-11-19-7-13/h6-7,9-12,16H,3-5,8H2,1-2H3,(H,20,25)/t12-,16+/m1/s1. The molecule has 3 heterocycles. The number of amides is 2. The summed E-state index contributed by atoms with van der Waals surface area (Å²) < 4.78 is 1.74. The first-order valence-electron chi connectivity index (χ1n) is 8.41. The van der Waals surface area contributed by atoms with Gasteiger partial charge in [-0.3, -0.25) is 14.3 Å². The van der Waals surface area contributed by atoms with Gasteiger partial charge in [-0.2, -0.15) is 5.10 Å². The first-order valence-corrected chi connectivity index (χ1v) is 8.41. The van der Waals surface area contributed by atoms with E-state index >= 15 is 0 Å². The molecule has 0 unspecified atom stereocenters. The number of nitrogens with zero attached hydrogens (tertiary/aromatic N) is 5. The average molecular weight is 342 g/mol. The third kappa shape index (κ3) is 3.67. The molecule has 2 atom stereocenters. The van der Waals surface area contributed by atoms with Gasteiger partial charge in [-0.15, -0.1) is 0 Å². The lowest BCUT2D eigenvalue weighted by atomic mass is 9.85. The second-order valence-corrected chi connectivity index (χ2v) is 6.21.